The zero-order valence-electron chi connectivity index (χ0n) is 51.4. The highest BCUT2D eigenvalue weighted by atomic mass is 16.2. The van der Waals surface area contributed by atoms with E-state index in [2.05, 4.69) is 62.5 Å². The van der Waals surface area contributed by atoms with Crippen LogP contribution in [0.2, 0.25) is 0 Å². The molecule has 1 fully saturated rings. The number of nitrogens with one attached hydrogen (secondary N) is 12. The fourth-order valence-electron chi connectivity index (χ4n) is 11.9. The van der Waals surface area contributed by atoms with Gasteiger partial charge in [-0.05, 0) is 95.9 Å². The van der Waals surface area contributed by atoms with Gasteiger partial charge in [-0.25, -0.2) is 0 Å². The monoisotopic (exact) mass is 1200 g/mol. The third-order valence-corrected chi connectivity index (χ3v) is 16.3. The number of para-hydroxylation sites is 4. The maximum atomic E-state index is 15.2. The smallest absolute Gasteiger partial charge is 0.243 e. The third-order valence-electron chi connectivity index (χ3n) is 16.3. The van der Waals surface area contributed by atoms with E-state index < -0.39 is 95.6 Å². The first-order valence-corrected chi connectivity index (χ1v) is 30.8. The van der Waals surface area contributed by atoms with Crippen molar-refractivity contribution in [3.05, 3.63) is 144 Å². The molecular weight excluding hydrogens is 1110 g/mol. The lowest BCUT2D eigenvalue weighted by molar-refractivity contribution is -0.137. The normalized spacial score (nSPS) is 22.0. The number of H-pyrrole nitrogens is 4. The molecule has 88 heavy (non-hydrogen) atoms. The molecule has 0 unspecified atom stereocenters. The van der Waals surface area contributed by atoms with Gasteiger partial charge < -0.3 is 62.5 Å². The molecule has 464 valence electrons. The van der Waals surface area contributed by atoms with Gasteiger partial charge in [0.1, 0.15) is 48.3 Å². The summed E-state index contributed by atoms with van der Waals surface area (Å²) in [5, 5.41) is 26.9. The van der Waals surface area contributed by atoms with E-state index in [1.807, 2.05) is 152 Å². The van der Waals surface area contributed by atoms with E-state index >= 15 is 38.4 Å². The maximum absolute atomic E-state index is 15.2. The van der Waals surface area contributed by atoms with Gasteiger partial charge in [-0.15, -0.1) is 0 Å². The number of hydrogen-bond acceptors (Lipinski definition) is 8. The summed E-state index contributed by atoms with van der Waals surface area (Å²) in [6, 6.07) is 19.9. The predicted molar refractivity (Wildman–Crippen MR) is 341 cm³/mol. The van der Waals surface area contributed by atoms with E-state index in [4.69, 9.17) is 0 Å². The fraction of sp³-hybridized carbons (Fsp3) is 0.412. The Balaban J connectivity index is 1.14. The number of benzene rings is 4. The van der Waals surface area contributed by atoms with Gasteiger partial charge in [-0.3, -0.25) is 38.4 Å². The topological polar surface area (TPSA) is 296 Å². The van der Waals surface area contributed by atoms with Gasteiger partial charge in [0.2, 0.25) is 47.3 Å². The second-order valence-electron chi connectivity index (χ2n) is 25.3. The molecule has 8 amide bonds. The first-order chi connectivity index (χ1) is 42.2. The summed E-state index contributed by atoms with van der Waals surface area (Å²) in [6.07, 6.45) is 7.42. The highest BCUT2D eigenvalue weighted by Crippen LogP contribution is 2.25. The molecule has 0 spiro atoms. The fourth-order valence-corrected chi connectivity index (χ4v) is 11.9. The minimum atomic E-state index is -1.31. The summed E-state index contributed by atoms with van der Waals surface area (Å²) >= 11 is 0. The standard InChI is InChI=1S/C68H84N12O8/c1-37(2)25-53-61(81)77-58(30-42-34-70-50-22-14-10-18-46(42)50)66(86)74-55(27-39(5)6)63(83)79-60(32-44-36-72-52-24-16-12-20-48(44)52)68(88)76-56(28-40(7)8)64(84)80-59(31-43-35-71-51-23-15-11-19-47(43)51)67(87)75-54(26-38(3)4)62(82)78-57(65(85)73-53)29-41-33-69-49-21-13-9-17-45(41)49/h9-24,33-40,53-60,69-72H,25-32H2,1-8H3,(H,73,85)(H,74,86)(H,75,87)(H,76,88)(H,77,81)(H,78,82)(H,79,83)(H,80,84)/t53-,54-,55-,56-,57+,58+,59+,60+/m1/s1. The summed E-state index contributed by atoms with van der Waals surface area (Å²) in [5.74, 6) is -6.16. The number of carbonyl (C=O) groups is 8. The van der Waals surface area contributed by atoms with Crippen LogP contribution < -0.4 is 42.5 Å². The van der Waals surface area contributed by atoms with E-state index in [1.165, 1.54) is 0 Å². The van der Waals surface area contributed by atoms with Crippen LogP contribution in [0.4, 0.5) is 0 Å². The minimum Gasteiger partial charge on any atom is -0.361 e. The molecule has 5 heterocycles. The quantitative estimate of drug-likeness (QED) is 0.0479. The minimum absolute atomic E-state index is 0.0321. The van der Waals surface area contributed by atoms with Crippen LogP contribution in [0.25, 0.3) is 43.6 Å². The van der Waals surface area contributed by atoms with Crippen molar-refractivity contribution in [2.24, 2.45) is 23.7 Å². The summed E-state index contributed by atoms with van der Waals surface area (Å²) < 4.78 is 0. The van der Waals surface area contributed by atoms with Crippen molar-refractivity contribution in [1.29, 1.82) is 0 Å². The third kappa shape index (κ3) is 15.9. The van der Waals surface area contributed by atoms with Crippen LogP contribution in [0.15, 0.2) is 122 Å². The average Bonchev–Trinajstić information content (AvgIpc) is 3.36. The van der Waals surface area contributed by atoms with Crippen molar-refractivity contribution in [3.8, 4) is 0 Å². The van der Waals surface area contributed by atoms with E-state index in [0.29, 0.717) is 22.3 Å². The number of carbonyl (C=O) groups excluding carboxylic acids is 8. The van der Waals surface area contributed by atoms with Crippen molar-refractivity contribution in [2.45, 2.75) is 155 Å². The molecule has 1 aliphatic rings. The first kappa shape index (κ1) is 63.3. The van der Waals surface area contributed by atoms with Crippen LogP contribution in [-0.2, 0) is 64.0 Å². The van der Waals surface area contributed by atoms with Gasteiger partial charge in [-0.1, -0.05) is 128 Å². The first-order valence-electron chi connectivity index (χ1n) is 30.8. The number of rotatable bonds is 16. The number of fused-ring (bicyclic) bond motifs is 4. The highest BCUT2D eigenvalue weighted by molar-refractivity contribution is 6.00. The van der Waals surface area contributed by atoms with Gasteiger partial charge in [-0.2, -0.15) is 0 Å². The molecule has 12 N–H and O–H groups in total. The summed E-state index contributed by atoms with van der Waals surface area (Å²) in [6.45, 7) is 15.2. The lowest BCUT2D eigenvalue weighted by Crippen LogP contribution is -2.62. The van der Waals surface area contributed by atoms with Gasteiger partial charge >= 0.3 is 0 Å². The zero-order valence-corrected chi connectivity index (χ0v) is 51.4. The summed E-state index contributed by atoms with van der Waals surface area (Å²) in [5.41, 5.74) is 5.98. The lowest BCUT2D eigenvalue weighted by Gasteiger charge is -2.30. The Labute approximate surface area is 512 Å². The van der Waals surface area contributed by atoms with Crippen molar-refractivity contribution in [2.75, 3.05) is 0 Å². The van der Waals surface area contributed by atoms with Crippen LogP contribution >= 0.6 is 0 Å². The Morgan fingerprint density at radius 1 is 0.261 bits per heavy atom. The largest absolute Gasteiger partial charge is 0.361 e. The molecule has 0 aliphatic carbocycles. The molecule has 1 saturated heterocycles. The number of aromatic nitrogens is 4. The number of amides is 8. The molecule has 1 aliphatic heterocycles. The van der Waals surface area contributed by atoms with E-state index in [0.717, 1.165) is 43.6 Å². The Morgan fingerprint density at radius 3 is 0.625 bits per heavy atom. The van der Waals surface area contributed by atoms with E-state index in [-0.39, 0.29) is 75.0 Å². The SMILES string of the molecule is CC(C)C[C@H]1NC(=O)[C@H](Cc2c[nH]c3ccccc23)NC(=O)[C@@H](CC(C)C)NC(=O)[C@H](Cc2c[nH]c3ccccc23)NC(=O)[C@@H](CC(C)C)NC(=O)[C@H](Cc2c[nH]c3ccccc23)NC(=O)[C@@H](CC(C)C)NC(=O)[C@H](Cc2c[nH]c3ccccc23)NC1=O. The van der Waals surface area contributed by atoms with Gasteiger partial charge in [0.25, 0.3) is 0 Å². The Morgan fingerprint density at radius 2 is 0.432 bits per heavy atom. The van der Waals surface area contributed by atoms with Crippen molar-refractivity contribution < 1.29 is 38.4 Å². The molecule has 9 rings (SSSR count). The van der Waals surface area contributed by atoms with Crippen LogP contribution in [0.5, 0.6) is 0 Å². The molecule has 4 aromatic heterocycles. The second-order valence-corrected chi connectivity index (χ2v) is 25.3. The number of aromatic amines is 4. The molecule has 0 saturated carbocycles. The maximum Gasteiger partial charge on any atom is 0.243 e. The van der Waals surface area contributed by atoms with Crippen molar-refractivity contribution in [1.82, 2.24) is 62.5 Å². The second kappa shape index (κ2) is 28.5. The van der Waals surface area contributed by atoms with Crippen molar-refractivity contribution in [3.63, 3.8) is 0 Å². The molecule has 0 radical (unpaired) electrons. The van der Waals surface area contributed by atoms with Crippen LogP contribution in [-0.4, -0.2) is 116 Å². The summed E-state index contributed by atoms with van der Waals surface area (Å²) in [4.78, 5) is 134. The summed E-state index contributed by atoms with van der Waals surface area (Å²) in [7, 11) is 0. The van der Waals surface area contributed by atoms with Gasteiger partial charge in [0, 0.05) is 94.1 Å². The van der Waals surface area contributed by atoms with Gasteiger partial charge in [0.15, 0.2) is 0 Å². The van der Waals surface area contributed by atoms with E-state index in [9.17, 15) is 0 Å². The highest BCUT2D eigenvalue weighted by Gasteiger charge is 2.38. The molecule has 20 heteroatoms. The lowest BCUT2D eigenvalue weighted by atomic mass is 9.97. The van der Waals surface area contributed by atoms with Crippen LogP contribution in [0.1, 0.15) is 103 Å². The van der Waals surface area contributed by atoms with Crippen LogP contribution in [0, 0.1) is 23.7 Å². The number of hydrogen-bond donors (Lipinski definition) is 12. The Bertz CT molecular complexity index is 3310. The molecular formula is C68H84N12O8. The average molecular weight is 1200 g/mol. The predicted octanol–water partition coefficient (Wildman–Crippen LogP) is 6.96. The Kier molecular flexibility index (Phi) is 20.5. The van der Waals surface area contributed by atoms with Crippen LogP contribution in [0.3, 0.4) is 0 Å². The van der Waals surface area contributed by atoms with Gasteiger partial charge in [0.05, 0.1) is 0 Å². The molecule has 8 aromatic rings. The molecule has 20 nitrogen and oxygen atoms in total. The zero-order chi connectivity index (χ0) is 62.8. The molecule has 0 bridgehead atoms. The van der Waals surface area contributed by atoms with Crippen molar-refractivity contribution >= 4 is 90.9 Å². The molecule has 8 atom stereocenters. The Hall–Kier alpha value is -9.20. The van der Waals surface area contributed by atoms with E-state index in [1.54, 1.807) is 24.8 Å². The molecule has 4 aromatic carbocycles.